The van der Waals surface area contributed by atoms with Gasteiger partial charge in [0.2, 0.25) is 0 Å². The summed E-state index contributed by atoms with van der Waals surface area (Å²) in [5.74, 6) is 0. The minimum Gasteiger partial charge on any atom is -0.456 e. The van der Waals surface area contributed by atoms with Gasteiger partial charge in [0.1, 0.15) is 11.2 Å². The van der Waals surface area contributed by atoms with Gasteiger partial charge in [-0.1, -0.05) is 139 Å². The van der Waals surface area contributed by atoms with Crippen LogP contribution in [0.15, 0.2) is 174 Å². The van der Waals surface area contributed by atoms with E-state index >= 15 is 0 Å². The maximum Gasteiger partial charge on any atom is 0.136 e. The fraction of sp³-hybridized carbons (Fsp3) is 0. The molecule has 11 aromatic carbocycles. The van der Waals surface area contributed by atoms with Crippen LogP contribution in [0.4, 0.5) is 0 Å². The van der Waals surface area contributed by atoms with E-state index in [1.807, 2.05) is 0 Å². The highest BCUT2D eigenvalue weighted by Gasteiger charge is 2.19. The second-order valence-electron chi connectivity index (χ2n) is 11.8. The molecule has 0 radical (unpaired) electrons. The summed E-state index contributed by atoms with van der Waals surface area (Å²) in [5, 5.41) is -6.72. The van der Waals surface area contributed by atoms with E-state index < -0.39 is 278 Å². The van der Waals surface area contributed by atoms with Crippen LogP contribution in [-0.4, -0.2) is 0 Å². The van der Waals surface area contributed by atoms with Gasteiger partial charge in [-0.2, -0.15) is 0 Å². The molecule has 0 saturated carbocycles. The Labute approximate surface area is 332 Å². The summed E-state index contributed by atoms with van der Waals surface area (Å²) in [5.41, 5.74) is -6.31. The molecule has 12 aromatic rings. The topological polar surface area (TPSA) is 13.1 Å². The summed E-state index contributed by atoms with van der Waals surface area (Å²) < 4.78 is 264. The Bertz CT molecular complexity index is 4700. The third-order valence-electron chi connectivity index (χ3n) is 9.07. The molecule has 1 aromatic heterocycles. The molecule has 1 heteroatoms. The van der Waals surface area contributed by atoms with Crippen molar-refractivity contribution in [1.82, 2.24) is 0 Å². The normalized spacial score (nSPS) is 20.0. The number of furan rings is 1. The SMILES string of the molecule is [2H]c1c(-c2c([2H])c([2H])c3c([2H])c([2H])c4c([2H])c([2H])c([2H])c5c([2H])c([2H])c2c3c45)c([2H])c(-c2c([2H])c([2H])c([2H])c3oc4c([2H])c([2H])c([2H])c([2H])c4c23)c([2H])c1-c1c([2H])c([2H])c2c([2H])c([2H])c3c([2H])c([2H])c([2H])c4c([2H])c([2H])c1c2c34. The molecule has 0 unspecified atom stereocenters. The lowest BCUT2D eigenvalue weighted by atomic mass is 9.85. The van der Waals surface area contributed by atoms with Crippen molar-refractivity contribution >= 4 is 86.6 Å². The number of rotatable bonds is 3. The molecule has 1 nitrogen and oxygen atoms in total. The van der Waals surface area contributed by atoms with Crippen LogP contribution in [0, 0.1) is 0 Å². The van der Waals surface area contributed by atoms with E-state index in [1.54, 1.807) is 0 Å². The Morgan fingerprint density at radius 2 is 0.725 bits per heavy atom. The van der Waals surface area contributed by atoms with Crippen LogP contribution in [0.5, 0.6) is 0 Å². The lowest BCUT2D eigenvalue weighted by Crippen LogP contribution is -1.91. The van der Waals surface area contributed by atoms with E-state index in [0.29, 0.717) is 0 Å². The Morgan fingerprint density at radius 1 is 0.294 bits per heavy atom. The number of hydrogen-bond acceptors (Lipinski definition) is 1. The Balaban J connectivity index is 1.42. The first-order valence-electron chi connectivity index (χ1n) is 29.4. The highest BCUT2D eigenvalue weighted by molar-refractivity contribution is 6.27. The number of benzene rings is 11. The first kappa shape index (κ1) is 12.0. The largest absolute Gasteiger partial charge is 0.456 e. The molecule has 0 N–H and O–H groups in total. The Morgan fingerprint density at radius 3 is 1.29 bits per heavy atom. The van der Waals surface area contributed by atoms with Gasteiger partial charge in [-0.15, -0.1) is 0 Å². The van der Waals surface area contributed by atoms with E-state index in [1.165, 1.54) is 0 Å². The van der Waals surface area contributed by atoms with Crippen molar-refractivity contribution in [1.29, 1.82) is 0 Å². The van der Waals surface area contributed by atoms with Gasteiger partial charge < -0.3 is 4.42 Å². The summed E-state index contributed by atoms with van der Waals surface area (Å²) in [6, 6.07) is -24.3. The molecular formula is C50H28O. The van der Waals surface area contributed by atoms with Gasteiger partial charge in [-0.05, 0) is 128 Å². The van der Waals surface area contributed by atoms with Crippen molar-refractivity contribution in [3.05, 3.63) is 169 Å². The average Bonchev–Trinajstić information content (AvgIpc) is 3.68. The fourth-order valence-corrected chi connectivity index (χ4v) is 6.89. The second kappa shape index (κ2) is 9.94. The van der Waals surface area contributed by atoms with Crippen molar-refractivity contribution in [2.24, 2.45) is 0 Å². The maximum atomic E-state index is 10.3. The van der Waals surface area contributed by atoms with Crippen LogP contribution < -0.4 is 0 Å². The molecule has 0 spiro atoms. The van der Waals surface area contributed by atoms with Gasteiger partial charge in [-0.3, -0.25) is 0 Å². The second-order valence-corrected chi connectivity index (χ2v) is 11.8. The minimum atomic E-state index is -1.10. The quantitative estimate of drug-likeness (QED) is 0.170. The molecule has 0 saturated heterocycles. The molecular weight excluding hydrogens is 617 g/mol. The van der Waals surface area contributed by atoms with Crippen molar-refractivity contribution in [2.75, 3.05) is 0 Å². The predicted molar refractivity (Wildman–Crippen MR) is 217 cm³/mol. The first-order chi connectivity index (χ1) is 37.0. The molecule has 0 aliphatic heterocycles. The average molecular weight is 673 g/mol. The molecule has 234 valence electrons. The molecule has 1 heterocycles. The van der Waals surface area contributed by atoms with Crippen molar-refractivity contribution < 1.29 is 42.8 Å². The highest BCUT2D eigenvalue weighted by Crippen LogP contribution is 2.45. The zero-order chi connectivity index (χ0) is 57.6. The van der Waals surface area contributed by atoms with Crippen LogP contribution in [0.1, 0.15) is 38.4 Å². The van der Waals surface area contributed by atoms with E-state index in [-0.39, 0.29) is 10.8 Å². The molecule has 0 fully saturated rings. The summed E-state index contributed by atoms with van der Waals surface area (Å²) in [6.45, 7) is 0. The van der Waals surface area contributed by atoms with Crippen LogP contribution in [0.2, 0.25) is 0 Å². The first-order valence-corrected chi connectivity index (χ1v) is 15.4. The van der Waals surface area contributed by atoms with E-state index in [2.05, 4.69) is 0 Å². The molecule has 12 rings (SSSR count). The minimum absolute atomic E-state index is 0.346. The fourth-order valence-electron chi connectivity index (χ4n) is 6.89. The van der Waals surface area contributed by atoms with E-state index in [4.69, 9.17) is 26.3 Å². The van der Waals surface area contributed by atoms with Gasteiger partial charge in [0, 0.05) is 10.8 Å². The Kier molecular flexibility index (Phi) is 2.33. The maximum absolute atomic E-state index is 10.3. The van der Waals surface area contributed by atoms with Crippen LogP contribution >= 0.6 is 0 Å². The third kappa shape index (κ3) is 3.75. The van der Waals surface area contributed by atoms with Crippen LogP contribution in [-0.2, 0) is 0 Å². The van der Waals surface area contributed by atoms with Crippen molar-refractivity contribution in [2.45, 2.75) is 0 Å². The summed E-state index contributed by atoms with van der Waals surface area (Å²) >= 11 is 0. The van der Waals surface area contributed by atoms with E-state index in [0.717, 1.165) is 0 Å². The third-order valence-corrected chi connectivity index (χ3v) is 9.07. The van der Waals surface area contributed by atoms with Gasteiger partial charge in [0.25, 0.3) is 0 Å². The monoisotopic (exact) mass is 672 g/mol. The summed E-state index contributed by atoms with van der Waals surface area (Å²) in [7, 11) is 0. The molecule has 0 aliphatic carbocycles. The Hall–Kier alpha value is -6.70. The van der Waals surface area contributed by atoms with Gasteiger partial charge in [0.05, 0.1) is 38.4 Å². The van der Waals surface area contributed by atoms with Crippen LogP contribution in [0.3, 0.4) is 0 Å². The van der Waals surface area contributed by atoms with Crippen molar-refractivity contribution in [3.63, 3.8) is 0 Å². The van der Waals surface area contributed by atoms with Crippen LogP contribution in [0.25, 0.3) is 120 Å². The molecule has 0 bridgehead atoms. The summed E-state index contributed by atoms with van der Waals surface area (Å²) in [4.78, 5) is 0. The molecule has 0 atom stereocenters. The molecule has 0 amide bonds. The smallest absolute Gasteiger partial charge is 0.136 e. The molecule has 0 aliphatic rings. The number of fused-ring (bicyclic) bond motifs is 3. The van der Waals surface area contributed by atoms with Crippen molar-refractivity contribution in [3.8, 4) is 33.4 Å². The zero-order valence-corrected chi connectivity index (χ0v) is 25.4. The highest BCUT2D eigenvalue weighted by atomic mass is 16.3. The summed E-state index contributed by atoms with van der Waals surface area (Å²) in [6.07, 6.45) is 0. The number of hydrogen-bond donors (Lipinski definition) is 0. The van der Waals surface area contributed by atoms with Gasteiger partial charge in [-0.25, -0.2) is 0 Å². The van der Waals surface area contributed by atoms with Gasteiger partial charge in [0.15, 0.2) is 0 Å². The predicted octanol–water partition coefficient (Wildman–Crippen LogP) is 14.4. The zero-order valence-electron chi connectivity index (χ0n) is 53.4. The number of para-hydroxylation sites is 1. The lowest BCUT2D eigenvalue weighted by Gasteiger charge is -2.18. The molecule has 51 heavy (non-hydrogen) atoms. The lowest BCUT2D eigenvalue weighted by molar-refractivity contribution is 0.669. The van der Waals surface area contributed by atoms with E-state index in [9.17, 15) is 16.4 Å². The standard InChI is InChI=1S/C50H28O/c1-2-12-44-43(10-1)50-40(11-5-13-45(50)51-44)37-27-35(38-22-18-33-16-14-29-6-3-8-31-20-24-41(38)48(33)46(29)31)26-36(28-37)39-23-19-34-17-15-30-7-4-9-32-21-25-42(39)49(34)47(30)32/h1-28H/i1D,2D,3D,4D,5D,6D,7D,8D,9D,10D,11D,12D,13D,14D,15D,16D,17D,18D,19D,20D,21D,22D,23D,24D,25D,26D,27D,28D. The van der Waals surface area contributed by atoms with Gasteiger partial charge >= 0.3 is 0 Å².